The van der Waals surface area contributed by atoms with Crippen LogP contribution in [0.1, 0.15) is 6.92 Å². The molecule has 162 valence electrons. The summed E-state index contributed by atoms with van der Waals surface area (Å²) in [4.78, 5) is 14.7. The molecule has 0 unspecified atom stereocenters. The highest BCUT2D eigenvalue weighted by Crippen LogP contribution is 2.22. The van der Waals surface area contributed by atoms with Gasteiger partial charge in [0.15, 0.2) is 0 Å². The predicted octanol–water partition coefficient (Wildman–Crippen LogP) is 2.33. The van der Waals surface area contributed by atoms with E-state index in [1.54, 1.807) is 24.3 Å². The maximum absolute atomic E-state index is 12.5. The van der Waals surface area contributed by atoms with Gasteiger partial charge in [0, 0.05) is 24.5 Å². The fourth-order valence-corrected chi connectivity index (χ4v) is 4.04. The summed E-state index contributed by atoms with van der Waals surface area (Å²) in [6.45, 7) is 5.12. The largest absolute Gasteiger partial charge is 0.494 e. The maximum Gasteiger partial charge on any atom is 0.245 e. The molecule has 0 bridgehead atoms. The highest BCUT2D eigenvalue weighted by atomic mass is 32.2. The maximum atomic E-state index is 12.5. The Morgan fingerprint density at radius 2 is 1.73 bits per heavy atom. The van der Waals surface area contributed by atoms with Crippen molar-refractivity contribution in [3.8, 4) is 5.75 Å². The SMILES string of the molecule is CCOc1ccc(N(CC(=O)Nc2ccc(N3CCOCC3)cc2)S(C)(=O)=O)cc1. The first-order valence-corrected chi connectivity index (χ1v) is 11.6. The highest BCUT2D eigenvalue weighted by Gasteiger charge is 2.21. The number of ether oxygens (including phenoxy) is 2. The molecular weight excluding hydrogens is 406 g/mol. The first-order valence-electron chi connectivity index (χ1n) is 9.80. The Balaban J connectivity index is 1.65. The van der Waals surface area contributed by atoms with Gasteiger partial charge in [-0.05, 0) is 55.5 Å². The first-order chi connectivity index (χ1) is 14.4. The molecule has 2 aromatic rings. The predicted molar refractivity (Wildman–Crippen MR) is 118 cm³/mol. The van der Waals surface area contributed by atoms with Crippen molar-refractivity contribution in [2.75, 3.05) is 60.2 Å². The summed E-state index contributed by atoms with van der Waals surface area (Å²) < 4.78 is 36.3. The van der Waals surface area contributed by atoms with Crippen LogP contribution in [0.2, 0.25) is 0 Å². The second-order valence-electron chi connectivity index (χ2n) is 6.89. The number of rotatable bonds is 8. The zero-order valence-corrected chi connectivity index (χ0v) is 18.0. The molecule has 1 fully saturated rings. The zero-order valence-electron chi connectivity index (χ0n) is 17.2. The van der Waals surface area contributed by atoms with Gasteiger partial charge in [-0.1, -0.05) is 0 Å². The van der Waals surface area contributed by atoms with Crippen molar-refractivity contribution in [3.63, 3.8) is 0 Å². The van der Waals surface area contributed by atoms with Gasteiger partial charge in [-0.2, -0.15) is 0 Å². The molecule has 1 saturated heterocycles. The molecule has 0 saturated carbocycles. The third kappa shape index (κ3) is 5.87. The molecule has 0 atom stereocenters. The summed E-state index contributed by atoms with van der Waals surface area (Å²) >= 11 is 0. The van der Waals surface area contributed by atoms with E-state index in [9.17, 15) is 13.2 Å². The van der Waals surface area contributed by atoms with Crippen LogP contribution in [0.25, 0.3) is 0 Å². The molecule has 8 nitrogen and oxygen atoms in total. The number of hydrogen-bond acceptors (Lipinski definition) is 6. The van der Waals surface area contributed by atoms with E-state index in [4.69, 9.17) is 9.47 Å². The topological polar surface area (TPSA) is 88.2 Å². The third-order valence-electron chi connectivity index (χ3n) is 4.65. The van der Waals surface area contributed by atoms with Crippen LogP contribution in [0.15, 0.2) is 48.5 Å². The lowest BCUT2D eigenvalue weighted by atomic mass is 10.2. The Bertz CT molecular complexity index is 940. The number of carbonyl (C=O) groups is 1. The number of carbonyl (C=O) groups excluding carboxylic acids is 1. The van der Waals surface area contributed by atoms with Gasteiger partial charge in [-0.3, -0.25) is 9.10 Å². The quantitative estimate of drug-likeness (QED) is 0.688. The fraction of sp³-hybridized carbons (Fsp3) is 0.381. The van der Waals surface area contributed by atoms with Crippen molar-refractivity contribution >= 4 is 33.0 Å². The van der Waals surface area contributed by atoms with Crippen molar-refractivity contribution in [3.05, 3.63) is 48.5 Å². The van der Waals surface area contributed by atoms with E-state index in [-0.39, 0.29) is 6.54 Å². The molecule has 2 aromatic carbocycles. The molecule has 0 aliphatic carbocycles. The minimum absolute atomic E-state index is 0.321. The number of nitrogens with zero attached hydrogens (tertiary/aromatic N) is 2. The van der Waals surface area contributed by atoms with Gasteiger partial charge in [0.2, 0.25) is 15.9 Å². The summed E-state index contributed by atoms with van der Waals surface area (Å²) in [5.74, 6) is 0.216. The Morgan fingerprint density at radius 1 is 1.10 bits per heavy atom. The Labute approximate surface area is 177 Å². The molecule has 1 amide bonds. The van der Waals surface area contributed by atoms with E-state index in [0.717, 1.165) is 29.3 Å². The van der Waals surface area contributed by atoms with Crippen LogP contribution >= 0.6 is 0 Å². The number of nitrogens with one attached hydrogen (secondary N) is 1. The number of sulfonamides is 1. The zero-order chi connectivity index (χ0) is 21.6. The summed E-state index contributed by atoms with van der Waals surface area (Å²) in [7, 11) is -3.64. The Morgan fingerprint density at radius 3 is 2.30 bits per heavy atom. The van der Waals surface area contributed by atoms with Crippen molar-refractivity contribution < 1.29 is 22.7 Å². The molecule has 1 N–H and O–H groups in total. The van der Waals surface area contributed by atoms with Gasteiger partial charge in [0.1, 0.15) is 12.3 Å². The van der Waals surface area contributed by atoms with Crippen LogP contribution in [0.5, 0.6) is 5.75 Å². The Kier molecular flexibility index (Phi) is 7.17. The number of anilines is 3. The molecule has 9 heteroatoms. The molecule has 0 spiro atoms. The lowest BCUT2D eigenvalue weighted by molar-refractivity contribution is -0.114. The average molecular weight is 434 g/mol. The van der Waals surface area contributed by atoms with E-state index < -0.39 is 15.9 Å². The van der Waals surface area contributed by atoms with Crippen LogP contribution < -0.4 is 19.3 Å². The second kappa shape index (κ2) is 9.82. The van der Waals surface area contributed by atoms with Gasteiger partial charge in [0.05, 0.1) is 31.8 Å². The molecule has 3 rings (SSSR count). The van der Waals surface area contributed by atoms with Gasteiger partial charge >= 0.3 is 0 Å². The number of benzene rings is 2. The van der Waals surface area contributed by atoms with E-state index in [0.29, 0.717) is 36.9 Å². The lowest BCUT2D eigenvalue weighted by Crippen LogP contribution is -2.37. The first kappa shape index (κ1) is 21.9. The molecule has 0 aromatic heterocycles. The molecule has 0 radical (unpaired) electrons. The Hall–Kier alpha value is -2.78. The van der Waals surface area contributed by atoms with E-state index in [1.165, 1.54) is 0 Å². The number of morpholine rings is 1. The summed E-state index contributed by atoms with van der Waals surface area (Å²) in [6.07, 6.45) is 1.08. The monoisotopic (exact) mass is 433 g/mol. The van der Waals surface area contributed by atoms with Crippen LogP contribution in [0, 0.1) is 0 Å². The van der Waals surface area contributed by atoms with Gasteiger partial charge in [0.25, 0.3) is 0 Å². The minimum Gasteiger partial charge on any atom is -0.494 e. The molecule has 1 heterocycles. The van der Waals surface area contributed by atoms with Crippen LogP contribution in [0.4, 0.5) is 17.1 Å². The lowest BCUT2D eigenvalue weighted by Gasteiger charge is -2.29. The average Bonchev–Trinajstić information content (AvgIpc) is 2.73. The van der Waals surface area contributed by atoms with Crippen LogP contribution in [-0.4, -0.2) is 60.0 Å². The number of hydrogen-bond donors (Lipinski definition) is 1. The smallest absolute Gasteiger partial charge is 0.245 e. The van der Waals surface area contributed by atoms with Gasteiger partial charge in [-0.15, -0.1) is 0 Å². The van der Waals surface area contributed by atoms with Crippen molar-refractivity contribution in [1.82, 2.24) is 0 Å². The van der Waals surface area contributed by atoms with Crippen molar-refractivity contribution in [1.29, 1.82) is 0 Å². The van der Waals surface area contributed by atoms with Crippen molar-refractivity contribution in [2.24, 2.45) is 0 Å². The fourth-order valence-electron chi connectivity index (χ4n) is 3.18. The summed E-state index contributed by atoms with van der Waals surface area (Å²) in [5.41, 5.74) is 2.07. The van der Waals surface area contributed by atoms with Gasteiger partial charge < -0.3 is 19.7 Å². The minimum atomic E-state index is -3.64. The normalized spacial score (nSPS) is 14.3. The standard InChI is InChI=1S/C21H27N3O5S/c1-3-29-20-10-8-19(9-11-20)24(30(2,26)27)16-21(25)22-17-4-6-18(7-5-17)23-12-14-28-15-13-23/h4-11H,3,12-16H2,1-2H3,(H,22,25). The van der Waals surface area contributed by atoms with E-state index in [1.807, 2.05) is 31.2 Å². The van der Waals surface area contributed by atoms with Gasteiger partial charge in [-0.25, -0.2) is 8.42 Å². The number of amides is 1. The van der Waals surface area contributed by atoms with E-state index in [2.05, 4.69) is 10.2 Å². The van der Waals surface area contributed by atoms with Crippen molar-refractivity contribution in [2.45, 2.75) is 6.92 Å². The summed E-state index contributed by atoms with van der Waals surface area (Å²) in [5, 5.41) is 2.76. The van der Waals surface area contributed by atoms with Crippen LogP contribution in [0.3, 0.4) is 0 Å². The van der Waals surface area contributed by atoms with Crippen LogP contribution in [-0.2, 0) is 19.6 Å². The molecular formula is C21H27N3O5S. The third-order valence-corrected chi connectivity index (χ3v) is 5.79. The summed E-state index contributed by atoms with van der Waals surface area (Å²) in [6, 6.07) is 14.1. The molecule has 30 heavy (non-hydrogen) atoms. The molecule has 1 aliphatic rings. The van der Waals surface area contributed by atoms with E-state index >= 15 is 0 Å². The second-order valence-corrected chi connectivity index (χ2v) is 8.80. The highest BCUT2D eigenvalue weighted by molar-refractivity contribution is 7.92. The molecule has 1 aliphatic heterocycles.